The van der Waals surface area contributed by atoms with Gasteiger partial charge in [0.25, 0.3) is 5.91 Å². The minimum atomic E-state index is -4.72. The standard InChI is InChI=1S/C16H13F3N4O2/c1-8-11-5-9(7-20-14(11)23(2)22-8)15(25)21-10-3-4-13(24)12(6-10)16(17,18)19/h3-7,24H,1-2H3,(H,21,25). The summed E-state index contributed by atoms with van der Waals surface area (Å²) in [6, 6.07) is 4.31. The quantitative estimate of drug-likeness (QED) is 0.695. The fourth-order valence-electron chi connectivity index (χ4n) is 2.48. The van der Waals surface area contributed by atoms with E-state index in [1.807, 2.05) is 0 Å². The van der Waals surface area contributed by atoms with E-state index in [0.29, 0.717) is 22.8 Å². The number of phenolic OH excluding ortho intramolecular Hbond substituents is 1. The predicted molar refractivity (Wildman–Crippen MR) is 84.3 cm³/mol. The van der Waals surface area contributed by atoms with Gasteiger partial charge in [0, 0.05) is 24.3 Å². The van der Waals surface area contributed by atoms with E-state index >= 15 is 0 Å². The van der Waals surface area contributed by atoms with Crippen molar-refractivity contribution in [3.05, 3.63) is 47.3 Å². The molecule has 0 radical (unpaired) electrons. The van der Waals surface area contributed by atoms with Gasteiger partial charge in [-0.2, -0.15) is 18.3 Å². The van der Waals surface area contributed by atoms with Gasteiger partial charge in [0.05, 0.1) is 16.8 Å². The number of hydrogen-bond acceptors (Lipinski definition) is 4. The van der Waals surface area contributed by atoms with E-state index in [2.05, 4.69) is 15.4 Å². The number of carbonyl (C=O) groups is 1. The Kier molecular flexibility index (Phi) is 3.86. The number of carbonyl (C=O) groups excluding carboxylic acids is 1. The van der Waals surface area contributed by atoms with Gasteiger partial charge in [0.2, 0.25) is 0 Å². The van der Waals surface area contributed by atoms with Crippen LogP contribution in [0.1, 0.15) is 21.6 Å². The molecule has 0 aliphatic heterocycles. The number of pyridine rings is 1. The van der Waals surface area contributed by atoms with Crippen molar-refractivity contribution in [3.8, 4) is 5.75 Å². The Morgan fingerprint density at radius 3 is 2.68 bits per heavy atom. The number of fused-ring (bicyclic) bond motifs is 1. The largest absolute Gasteiger partial charge is 0.507 e. The zero-order chi connectivity index (χ0) is 18.4. The summed E-state index contributed by atoms with van der Waals surface area (Å²) in [6.45, 7) is 1.77. The summed E-state index contributed by atoms with van der Waals surface area (Å²) in [5, 5.41) is 16.6. The molecule has 6 nitrogen and oxygen atoms in total. The summed E-state index contributed by atoms with van der Waals surface area (Å²) >= 11 is 0. The first-order valence-electron chi connectivity index (χ1n) is 7.17. The number of amides is 1. The highest BCUT2D eigenvalue weighted by molar-refractivity contribution is 6.05. The molecule has 2 N–H and O–H groups in total. The van der Waals surface area contributed by atoms with Gasteiger partial charge < -0.3 is 10.4 Å². The SMILES string of the molecule is Cc1nn(C)c2ncc(C(=O)Nc3ccc(O)c(C(F)(F)F)c3)cc12. The first kappa shape index (κ1) is 16.7. The number of aromatic hydroxyl groups is 1. The molecule has 25 heavy (non-hydrogen) atoms. The molecule has 0 aliphatic rings. The molecule has 0 atom stereocenters. The molecule has 0 spiro atoms. The van der Waals surface area contributed by atoms with Crippen LogP contribution in [0.25, 0.3) is 11.0 Å². The molecule has 2 aromatic heterocycles. The van der Waals surface area contributed by atoms with Crippen LogP contribution >= 0.6 is 0 Å². The van der Waals surface area contributed by atoms with Gasteiger partial charge in [-0.1, -0.05) is 0 Å². The molecule has 130 valence electrons. The summed E-state index contributed by atoms with van der Waals surface area (Å²) in [4.78, 5) is 16.5. The van der Waals surface area contributed by atoms with E-state index < -0.39 is 23.4 Å². The number of nitrogens with one attached hydrogen (secondary N) is 1. The topological polar surface area (TPSA) is 80.0 Å². The van der Waals surface area contributed by atoms with Crippen molar-refractivity contribution in [2.75, 3.05) is 5.32 Å². The highest BCUT2D eigenvalue weighted by atomic mass is 19.4. The molecule has 1 amide bonds. The highest BCUT2D eigenvalue weighted by Gasteiger charge is 2.34. The number of phenols is 1. The van der Waals surface area contributed by atoms with Crippen LogP contribution in [0.5, 0.6) is 5.75 Å². The van der Waals surface area contributed by atoms with Gasteiger partial charge in [0.1, 0.15) is 5.75 Å². The van der Waals surface area contributed by atoms with Crippen molar-refractivity contribution < 1.29 is 23.1 Å². The summed E-state index contributed by atoms with van der Waals surface area (Å²) < 4.78 is 40.0. The van der Waals surface area contributed by atoms with E-state index in [4.69, 9.17) is 0 Å². The third-order valence-corrected chi connectivity index (χ3v) is 3.68. The van der Waals surface area contributed by atoms with Crippen molar-refractivity contribution in [2.45, 2.75) is 13.1 Å². The van der Waals surface area contributed by atoms with Crippen LogP contribution in [0.2, 0.25) is 0 Å². The second-order valence-corrected chi connectivity index (χ2v) is 5.49. The normalized spacial score (nSPS) is 11.7. The number of anilines is 1. The van der Waals surface area contributed by atoms with Crippen LogP contribution < -0.4 is 5.32 Å². The molecule has 9 heteroatoms. The van der Waals surface area contributed by atoms with Gasteiger partial charge >= 0.3 is 6.18 Å². The number of hydrogen-bond donors (Lipinski definition) is 2. The third kappa shape index (κ3) is 3.12. The number of nitrogens with zero attached hydrogens (tertiary/aromatic N) is 3. The van der Waals surface area contributed by atoms with Gasteiger partial charge in [-0.25, -0.2) is 4.98 Å². The van der Waals surface area contributed by atoms with Gasteiger partial charge in [-0.15, -0.1) is 0 Å². The summed E-state index contributed by atoms with van der Waals surface area (Å²) in [5.41, 5.74) is 0.159. The van der Waals surface area contributed by atoms with Crippen LogP contribution in [0.4, 0.5) is 18.9 Å². The van der Waals surface area contributed by atoms with Crippen LogP contribution in [-0.4, -0.2) is 25.8 Å². The van der Waals surface area contributed by atoms with Crippen LogP contribution in [0, 0.1) is 6.92 Å². The number of aryl methyl sites for hydroxylation is 2. The van der Waals surface area contributed by atoms with Crippen molar-refractivity contribution >= 4 is 22.6 Å². The Labute approximate surface area is 139 Å². The monoisotopic (exact) mass is 350 g/mol. The van der Waals surface area contributed by atoms with E-state index in [-0.39, 0.29) is 11.3 Å². The maximum atomic E-state index is 12.8. The Bertz CT molecular complexity index is 979. The molecule has 0 saturated carbocycles. The maximum Gasteiger partial charge on any atom is 0.420 e. The molecule has 0 saturated heterocycles. The van der Waals surface area contributed by atoms with Crippen LogP contribution in [-0.2, 0) is 13.2 Å². The second-order valence-electron chi connectivity index (χ2n) is 5.49. The highest BCUT2D eigenvalue weighted by Crippen LogP contribution is 2.37. The predicted octanol–water partition coefficient (Wildman–Crippen LogP) is 3.25. The minimum Gasteiger partial charge on any atom is -0.507 e. The van der Waals surface area contributed by atoms with Crippen molar-refractivity contribution in [2.24, 2.45) is 7.05 Å². The fraction of sp³-hybridized carbons (Fsp3) is 0.188. The van der Waals surface area contributed by atoms with Crippen molar-refractivity contribution in [3.63, 3.8) is 0 Å². The molecule has 0 fully saturated rings. The third-order valence-electron chi connectivity index (χ3n) is 3.68. The lowest BCUT2D eigenvalue weighted by Crippen LogP contribution is -2.13. The zero-order valence-corrected chi connectivity index (χ0v) is 13.2. The maximum absolute atomic E-state index is 12.8. The molecule has 0 unspecified atom stereocenters. The molecule has 2 heterocycles. The molecular weight excluding hydrogens is 337 g/mol. The van der Waals surface area contributed by atoms with Crippen LogP contribution in [0.15, 0.2) is 30.5 Å². The van der Waals surface area contributed by atoms with Gasteiger partial charge in [-0.05, 0) is 31.2 Å². The number of halogens is 3. The van der Waals surface area contributed by atoms with E-state index in [1.54, 1.807) is 24.7 Å². The van der Waals surface area contributed by atoms with Crippen molar-refractivity contribution in [1.82, 2.24) is 14.8 Å². The Morgan fingerprint density at radius 2 is 2.00 bits per heavy atom. The summed E-state index contributed by atoms with van der Waals surface area (Å²) in [6.07, 6.45) is -3.40. The Morgan fingerprint density at radius 1 is 1.28 bits per heavy atom. The smallest absolute Gasteiger partial charge is 0.420 e. The molecule has 0 bridgehead atoms. The summed E-state index contributed by atoms with van der Waals surface area (Å²) in [7, 11) is 1.72. The number of rotatable bonds is 2. The molecule has 1 aromatic carbocycles. The average Bonchev–Trinajstić information content (AvgIpc) is 2.82. The Balaban J connectivity index is 1.91. The lowest BCUT2D eigenvalue weighted by atomic mass is 10.1. The molecular formula is C16H13F3N4O2. The second kappa shape index (κ2) is 5.76. The van der Waals surface area contributed by atoms with E-state index in [0.717, 1.165) is 6.07 Å². The first-order valence-corrected chi connectivity index (χ1v) is 7.17. The lowest BCUT2D eigenvalue weighted by Gasteiger charge is -2.11. The number of alkyl halides is 3. The minimum absolute atomic E-state index is 0.0851. The van der Waals surface area contributed by atoms with Gasteiger partial charge in [0.15, 0.2) is 5.65 Å². The van der Waals surface area contributed by atoms with E-state index in [9.17, 15) is 23.1 Å². The average molecular weight is 350 g/mol. The number of benzene rings is 1. The van der Waals surface area contributed by atoms with Gasteiger partial charge in [-0.3, -0.25) is 9.48 Å². The zero-order valence-electron chi connectivity index (χ0n) is 13.2. The fourth-order valence-corrected chi connectivity index (χ4v) is 2.48. The lowest BCUT2D eigenvalue weighted by molar-refractivity contribution is -0.138. The van der Waals surface area contributed by atoms with Crippen LogP contribution in [0.3, 0.4) is 0 Å². The molecule has 3 rings (SSSR count). The van der Waals surface area contributed by atoms with Crippen molar-refractivity contribution in [1.29, 1.82) is 0 Å². The Hall–Kier alpha value is -3.10. The molecule has 0 aliphatic carbocycles. The van der Waals surface area contributed by atoms with E-state index in [1.165, 1.54) is 12.3 Å². The molecule has 3 aromatic rings. The summed E-state index contributed by atoms with van der Waals surface area (Å²) in [5.74, 6) is -1.52. The number of aromatic nitrogens is 3. The first-order chi connectivity index (χ1) is 11.7.